The molecule has 2 heterocycles. The van der Waals surface area contributed by atoms with E-state index in [2.05, 4.69) is 0 Å². The van der Waals surface area contributed by atoms with Gasteiger partial charge in [-0.05, 0) is 67.2 Å². The molecule has 0 aromatic heterocycles. The summed E-state index contributed by atoms with van der Waals surface area (Å²) in [5, 5.41) is 9.58. The van der Waals surface area contributed by atoms with Gasteiger partial charge in [0.25, 0.3) is 5.60 Å². The Labute approximate surface area is 206 Å². The normalized spacial score (nSPS) is 23.8. The molecule has 0 saturated carbocycles. The Morgan fingerprint density at radius 3 is 1.89 bits per heavy atom. The lowest BCUT2D eigenvalue weighted by atomic mass is 9.85. The minimum atomic E-state index is -5.93. The maximum Gasteiger partial charge on any atom is 0.430 e. The van der Waals surface area contributed by atoms with Crippen molar-refractivity contribution in [2.45, 2.75) is 69.1 Å². The summed E-state index contributed by atoms with van der Waals surface area (Å²) in [6.07, 6.45) is -6.56. The first kappa shape index (κ1) is 26.9. The molecule has 2 atom stereocenters. The average Bonchev–Trinajstić information content (AvgIpc) is 3.04. The predicted molar refractivity (Wildman–Crippen MR) is 123 cm³/mol. The van der Waals surface area contributed by atoms with E-state index in [1.807, 2.05) is 19.1 Å². The lowest BCUT2D eigenvalue weighted by Crippen LogP contribution is -2.53. The van der Waals surface area contributed by atoms with Gasteiger partial charge < -0.3 is 5.11 Å². The fourth-order valence-corrected chi connectivity index (χ4v) is 7.31. The highest BCUT2D eigenvalue weighted by atomic mass is 32.2. The highest BCUT2D eigenvalue weighted by Gasteiger charge is 2.71. The monoisotopic (exact) mass is 535 g/mol. The van der Waals surface area contributed by atoms with Crippen LogP contribution in [0.25, 0.3) is 11.1 Å². The molecule has 2 bridgehead atoms. The Hall–Kier alpha value is -2.11. The number of aliphatic hydroxyl groups is 1. The Balaban J connectivity index is 1.51. The van der Waals surface area contributed by atoms with Crippen LogP contribution in [-0.2, 0) is 22.0 Å². The van der Waals surface area contributed by atoms with Crippen LogP contribution >= 0.6 is 0 Å². The van der Waals surface area contributed by atoms with E-state index in [1.54, 1.807) is 10.4 Å². The number of piperidine rings is 1. The van der Waals surface area contributed by atoms with Crippen LogP contribution in [-0.4, -0.2) is 48.5 Å². The Morgan fingerprint density at radius 1 is 0.917 bits per heavy atom. The topological polar surface area (TPSA) is 57.6 Å². The number of rotatable bonds is 5. The van der Waals surface area contributed by atoms with Crippen molar-refractivity contribution in [1.82, 2.24) is 4.31 Å². The van der Waals surface area contributed by atoms with E-state index in [9.17, 15) is 39.9 Å². The van der Waals surface area contributed by atoms with Gasteiger partial charge >= 0.3 is 12.4 Å². The van der Waals surface area contributed by atoms with Crippen LogP contribution in [0.2, 0.25) is 0 Å². The molecule has 2 fully saturated rings. The van der Waals surface area contributed by atoms with Crippen molar-refractivity contribution < 1.29 is 39.9 Å². The van der Waals surface area contributed by atoms with Gasteiger partial charge in [-0.15, -0.1) is 0 Å². The number of benzene rings is 2. The van der Waals surface area contributed by atoms with Crippen molar-refractivity contribution in [3.63, 3.8) is 0 Å². The standard InChI is InChI=1S/C25H27F6NO3S/c1-15-11-16(12-17-13-20-8-9-21(14-17)32(20)36(2,34)35)3-10-22(15)18-4-6-19(7-5-18)23(33,24(26,27)28)25(29,30)31/h3-7,10-11,17,20-21,33H,8-9,12-14H2,1-2H3. The van der Waals surface area contributed by atoms with E-state index in [0.29, 0.717) is 29.2 Å². The van der Waals surface area contributed by atoms with Crippen LogP contribution < -0.4 is 0 Å². The zero-order valence-electron chi connectivity index (χ0n) is 19.7. The van der Waals surface area contributed by atoms with E-state index in [-0.39, 0.29) is 12.1 Å². The number of hydrogen-bond acceptors (Lipinski definition) is 3. The molecule has 2 aromatic carbocycles. The lowest BCUT2D eigenvalue weighted by Gasteiger charge is -2.37. The molecular formula is C25H27F6NO3S. The molecule has 2 unspecified atom stereocenters. The minimum Gasteiger partial charge on any atom is -0.369 e. The number of nitrogens with zero attached hydrogens (tertiary/aromatic N) is 1. The molecule has 0 amide bonds. The van der Waals surface area contributed by atoms with E-state index < -0.39 is 33.5 Å². The third-order valence-corrected chi connectivity index (χ3v) is 8.76. The number of sulfonamides is 1. The third-order valence-electron chi connectivity index (χ3n) is 7.40. The van der Waals surface area contributed by atoms with E-state index in [1.165, 1.54) is 6.26 Å². The second-order valence-electron chi connectivity index (χ2n) is 9.95. The molecule has 1 N–H and O–H groups in total. The molecule has 0 aliphatic carbocycles. The minimum absolute atomic E-state index is 0.0228. The largest absolute Gasteiger partial charge is 0.430 e. The van der Waals surface area contributed by atoms with Gasteiger partial charge in [0.2, 0.25) is 10.0 Å². The summed E-state index contributed by atoms with van der Waals surface area (Å²) in [6, 6.07) is 9.21. The fraction of sp³-hybridized carbons (Fsp3) is 0.520. The molecule has 0 spiro atoms. The number of aryl methyl sites for hydroxylation is 1. The quantitative estimate of drug-likeness (QED) is 0.499. The highest BCUT2D eigenvalue weighted by Crippen LogP contribution is 2.50. The molecule has 2 aromatic rings. The summed E-state index contributed by atoms with van der Waals surface area (Å²) in [6.45, 7) is 1.81. The van der Waals surface area contributed by atoms with Gasteiger partial charge in [0.1, 0.15) is 0 Å². The molecule has 0 radical (unpaired) electrons. The molecule has 11 heteroatoms. The third kappa shape index (κ3) is 4.77. The highest BCUT2D eigenvalue weighted by molar-refractivity contribution is 7.88. The van der Waals surface area contributed by atoms with Crippen LogP contribution in [0.5, 0.6) is 0 Å². The van der Waals surface area contributed by atoms with Crippen molar-refractivity contribution in [2.75, 3.05) is 6.26 Å². The van der Waals surface area contributed by atoms with Gasteiger partial charge in [-0.3, -0.25) is 0 Å². The number of halogens is 6. The first-order chi connectivity index (χ1) is 16.5. The molecule has 198 valence electrons. The van der Waals surface area contributed by atoms with Crippen molar-refractivity contribution in [1.29, 1.82) is 0 Å². The maximum absolute atomic E-state index is 13.1. The Morgan fingerprint density at radius 2 is 1.44 bits per heavy atom. The molecular weight excluding hydrogens is 508 g/mol. The summed E-state index contributed by atoms with van der Waals surface area (Å²) in [5.41, 5.74) is -3.33. The Kier molecular flexibility index (Phi) is 6.75. The SMILES string of the molecule is Cc1cc(CC2CC3CCC(C2)N3S(C)(=O)=O)ccc1-c1ccc(C(O)(C(F)(F)F)C(F)(F)F)cc1. The van der Waals surface area contributed by atoms with Crippen molar-refractivity contribution in [3.8, 4) is 11.1 Å². The van der Waals surface area contributed by atoms with Crippen LogP contribution in [0.4, 0.5) is 26.3 Å². The molecule has 4 nitrogen and oxygen atoms in total. The smallest absolute Gasteiger partial charge is 0.369 e. The van der Waals surface area contributed by atoms with Crippen molar-refractivity contribution in [3.05, 3.63) is 59.2 Å². The summed E-state index contributed by atoms with van der Waals surface area (Å²) >= 11 is 0. The molecule has 4 rings (SSSR count). The zero-order valence-corrected chi connectivity index (χ0v) is 20.5. The summed E-state index contributed by atoms with van der Waals surface area (Å²) < 4.78 is 105. The fourth-order valence-electron chi connectivity index (χ4n) is 5.84. The van der Waals surface area contributed by atoms with Gasteiger partial charge in [0.15, 0.2) is 0 Å². The van der Waals surface area contributed by atoms with Crippen LogP contribution in [0.15, 0.2) is 42.5 Å². The number of hydrogen-bond donors (Lipinski definition) is 1. The van der Waals surface area contributed by atoms with Gasteiger partial charge in [-0.2, -0.15) is 30.6 Å². The second kappa shape index (κ2) is 9.02. The van der Waals surface area contributed by atoms with Crippen molar-refractivity contribution >= 4 is 10.0 Å². The molecule has 36 heavy (non-hydrogen) atoms. The van der Waals surface area contributed by atoms with Gasteiger partial charge in [0.05, 0.1) is 6.26 Å². The summed E-state index contributed by atoms with van der Waals surface area (Å²) in [4.78, 5) is 0. The van der Waals surface area contributed by atoms with Crippen LogP contribution in [0.1, 0.15) is 42.4 Å². The zero-order chi connectivity index (χ0) is 26.7. The summed E-state index contributed by atoms with van der Waals surface area (Å²) in [5.74, 6) is 0.326. The summed E-state index contributed by atoms with van der Waals surface area (Å²) in [7, 11) is -3.24. The van der Waals surface area contributed by atoms with E-state index in [0.717, 1.165) is 55.4 Å². The van der Waals surface area contributed by atoms with E-state index >= 15 is 0 Å². The molecule has 2 saturated heterocycles. The van der Waals surface area contributed by atoms with Gasteiger partial charge in [-0.1, -0.05) is 42.5 Å². The van der Waals surface area contributed by atoms with Gasteiger partial charge in [0, 0.05) is 17.6 Å². The number of alkyl halides is 6. The lowest BCUT2D eigenvalue weighted by molar-refractivity contribution is -0.376. The predicted octanol–water partition coefficient (Wildman–Crippen LogP) is 5.72. The Bertz CT molecular complexity index is 1200. The van der Waals surface area contributed by atoms with E-state index in [4.69, 9.17) is 0 Å². The van der Waals surface area contributed by atoms with Crippen molar-refractivity contribution in [2.24, 2.45) is 5.92 Å². The first-order valence-electron chi connectivity index (χ1n) is 11.6. The average molecular weight is 536 g/mol. The molecule has 2 aliphatic rings. The second-order valence-corrected chi connectivity index (χ2v) is 11.8. The van der Waals surface area contributed by atoms with Crippen LogP contribution in [0, 0.1) is 12.8 Å². The molecule has 2 aliphatic heterocycles. The van der Waals surface area contributed by atoms with Crippen LogP contribution in [0.3, 0.4) is 0 Å². The van der Waals surface area contributed by atoms with Gasteiger partial charge in [-0.25, -0.2) is 8.42 Å². The maximum atomic E-state index is 13.1. The first-order valence-corrected chi connectivity index (χ1v) is 13.4. The number of fused-ring (bicyclic) bond motifs is 2.